The molecule has 0 saturated heterocycles. The van der Waals surface area contributed by atoms with Crippen molar-refractivity contribution in [1.29, 1.82) is 0 Å². The highest BCUT2D eigenvalue weighted by Gasteiger charge is 2.21. The highest BCUT2D eigenvalue weighted by molar-refractivity contribution is 5.91. The van der Waals surface area contributed by atoms with Crippen LogP contribution in [0.4, 0.5) is 0 Å². The smallest absolute Gasteiger partial charge is 0.290 e. The van der Waals surface area contributed by atoms with E-state index in [1.54, 1.807) is 12.3 Å². The van der Waals surface area contributed by atoms with Gasteiger partial charge in [0.1, 0.15) is 0 Å². The molecule has 1 heterocycles. The number of hydrogen-bond donors (Lipinski definition) is 0. The molecule has 0 radical (unpaired) electrons. The Morgan fingerprint density at radius 3 is 2.47 bits per heavy atom. The second-order valence-corrected chi connectivity index (χ2v) is 5.00. The number of carbonyl (C=O) groups is 1. The fourth-order valence-electron chi connectivity index (χ4n) is 1.95. The minimum atomic E-state index is -0.0630. The zero-order valence-electron chi connectivity index (χ0n) is 11.6. The maximum Gasteiger partial charge on any atom is 0.290 e. The van der Waals surface area contributed by atoms with Crippen LogP contribution in [0.15, 0.2) is 47.1 Å². The van der Waals surface area contributed by atoms with E-state index in [0.717, 1.165) is 11.1 Å². The lowest BCUT2D eigenvalue weighted by Crippen LogP contribution is -2.36. The lowest BCUT2D eigenvalue weighted by atomic mass is 10.1. The van der Waals surface area contributed by atoms with Gasteiger partial charge in [-0.05, 0) is 38.0 Å². The summed E-state index contributed by atoms with van der Waals surface area (Å²) in [6.45, 7) is 6.53. The fraction of sp³-hybridized carbons (Fsp3) is 0.312. The van der Waals surface area contributed by atoms with Crippen LogP contribution < -0.4 is 0 Å². The summed E-state index contributed by atoms with van der Waals surface area (Å²) < 4.78 is 5.30. The molecule has 0 spiro atoms. The van der Waals surface area contributed by atoms with Crippen LogP contribution in [0.5, 0.6) is 0 Å². The summed E-state index contributed by atoms with van der Waals surface area (Å²) >= 11 is 0. The second kappa shape index (κ2) is 5.74. The fourth-order valence-corrected chi connectivity index (χ4v) is 1.95. The third-order valence-electron chi connectivity index (χ3n) is 3.02. The maximum absolute atomic E-state index is 12.4. The van der Waals surface area contributed by atoms with Crippen molar-refractivity contribution in [2.24, 2.45) is 0 Å². The predicted octanol–water partition coefficient (Wildman–Crippen LogP) is 3.64. The van der Waals surface area contributed by atoms with E-state index in [1.165, 1.54) is 0 Å². The molecule has 100 valence electrons. The van der Waals surface area contributed by atoms with E-state index in [1.807, 2.05) is 56.0 Å². The van der Waals surface area contributed by atoms with Crippen LogP contribution in [0.2, 0.25) is 0 Å². The summed E-state index contributed by atoms with van der Waals surface area (Å²) in [5, 5.41) is 0. The van der Waals surface area contributed by atoms with Gasteiger partial charge in [0.2, 0.25) is 0 Å². The minimum absolute atomic E-state index is 0.0630. The third-order valence-corrected chi connectivity index (χ3v) is 3.02. The van der Waals surface area contributed by atoms with Gasteiger partial charge in [0.15, 0.2) is 5.76 Å². The third kappa shape index (κ3) is 3.25. The van der Waals surface area contributed by atoms with Gasteiger partial charge >= 0.3 is 0 Å². The van der Waals surface area contributed by atoms with Gasteiger partial charge in [-0.25, -0.2) is 0 Å². The molecule has 0 fully saturated rings. The normalized spacial score (nSPS) is 10.7. The quantitative estimate of drug-likeness (QED) is 0.837. The van der Waals surface area contributed by atoms with E-state index >= 15 is 0 Å². The number of hydrogen-bond acceptors (Lipinski definition) is 2. The standard InChI is InChI=1S/C16H19NO2/c1-12(2)17(10-14-7-5-4-6-8-14)16(18)15-9-13(3)11-19-15/h4-9,11-12H,10H2,1-3H3. The largest absolute Gasteiger partial charge is 0.459 e. The monoisotopic (exact) mass is 257 g/mol. The number of nitrogens with zero attached hydrogens (tertiary/aromatic N) is 1. The summed E-state index contributed by atoms with van der Waals surface area (Å²) in [6, 6.07) is 11.9. The molecular weight excluding hydrogens is 238 g/mol. The second-order valence-electron chi connectivity index (χ2n) is 5.00. The van der Waals surface area contributed by atoms with Crippen molar-refractivity contribution in [3.05, 3.63) is 59.5 Å². The van der Waals surface area contributed by atoms with Gasteiger partial charge in [0, 0.05) is 12.6 Å². The van der Waals surface area contributed by atoms with E-state index in [-0.39, 0.29) is 11.9 Å². The summed E-state index contributed by atoms with van der Waals surface area (Å²) in [6.07, 6.45) is 1.61. The molecule has 0 unspecified atom stereocenters. The van der Waals surface area contributed by atoms with E-state index < -0.39 is 0 Å². The Hall–Kier alpha value is -2.03. The molecule has 3 heteroatoms. The van der Waals surface area contributed by atoms with Gasteiger partial charge in [-0.1, -0.05) is 30.3 Å². The Kier molecular flexibility index (Phi) is 4.05. The van der Waals surface area contributed by atoms with Crippen molar-refractivity contribution < 1.29 is 9.21 Å². The zero-order chi connectivity index (χ0) is 13.8. The van der Waals surface area contributed by atoms with Crippen LogP contribution in [0.25, 0.3) is 0 Å². The number of benzene rings is 1. The van der Waals surface area contributed by atoms with Gasteiger partial charge in [-0.2, -0.15) is 0 Å². The van der Waals surface area contributed by atoms with Gasteiger partial charge in [-0.15, -0.1) is 0 Å². The number of furan rings is 1. The van der Waals surface area contributed by atoms with Crippen LogP contribution in [0, 0.1) is 6.92 Å². The molecule has 2 rings (SSSR count). The Bertz CT molecular complexity index is 543. The van der Waals surface area contributed by atoms with Crippen LogP contribution in [0.3, 0.4) is 0 Å². The van der Waals surface area contributed by atoms with Gasteiger partial charge < -0.3 is 9.32 Å². The average Bonchev–Trinajstić information content (AvgIpc) is 2.83. The highest BCUT2D eigenvalue weighted by atomic mass is 16.3. The van der Waals surface area contributed by atoms with Crippen molar-refractivity contribution in [3.63, 3.8) is 0 Å². The average molecular weight is 257 g/mol. The van der Waals surface area contributed by atoms with Crippen molar-refractivity contribution in [2.45, 2.75) is 33.4 Å². The predicted molar refractivity (Wildman–Crippen MR) is 74.9 cm³/mol. The van der Waals surface area contributed by atoms with E-state index in [4.69, 9.17) is 4.42 Å². The van der Waals surface area contributed by atoms with Crippen LogP contribution in [-0.4, -0.2) is 16.8 Å². The Labute approximate surface area is 113 Å². The van der Waals surface area contributed by atoms with Crippen molar-refractivity contribution in [2.75, 3.05) is 0 Å². The van der Waals surface area contributed by atoms with E-state index in [0.29, 0.717) is 12.3 Å². The lowest BCUT2D eigenvalue weighted by Gasteiger charge is -2.26. The van der Waals surface area contributed by atoms with Gasteiger partial charge in [-0.3, -0.25) is 4.79 Å². The molecule has 0 aliphatic rings. The summed E-state index contributed by atoms with van der Waals surface area (Å²) in [5.41, 5.74) is 2.08. The number of aryl methyl sites for hydroxylation is 1. The van der Waals surface area contributed by atoms with E-state index in [2.05, 4.69) is 0 Å². The molecule has 0 aliphatic carbocycles. The first-order chi connectivity index (χ1) is 9.08. The highest BCUT2D eigenvalue weighted by Crippen LogP contribution is 2.15. The van der Waals surface area contributed by atoms with Gasteiger partial charge in [0.25, 0.3) is 5.91 Å². The first kappa shape index (κ1) is 13.4. The molecule has 1 aromatic heterocycles. The van der Waals surface area contributed by atoms with E-state index in [9.17, 15) is 4.79 Å². The molecule has 0 bridgehead atoms. The van der Waals surface area contributed by atoms with Crippen LogP contribution in [-0.2, 0) is 6.54 Å². The molecule has 0 saturated carbocycles. The molecule has 1 aromatic carbocycles. The molecule has 3 nitrogen and oxygen atoms in total. The Morgan fingerprint density at radius 1 is 1.26 bits per heavy atom. The molecule has 2 aromatic rings. The van der Waals surface area contributed by atoms with Crippen LogP contribution >= 0.6 is 0 Å². The number of amides is 1. The van der Waals surface area contributed by atoms with Gasteiger partial charge in [0.05, 0.1) is 6.26 Å². The molecule has 19 heavy (non-hydrogen) atoms. The molecule has 1 amide bonds. The Balaban J connectivity index is 2.19. The summed E-state index contributed by atoms with van der Waals surface area (Å²) in [4.78, 5) is 14.2. The topological polar surface area (TPSA) is 33.5 Å². The lowest BCUT2D eigenvalue weighted by molar-refractivity contribution is 0.0657. The molecule has 0 aliphatic heterocycles. The molecule has 0 N–H and O–H groups in total. The summed E-state index contributed by atoms with van der Waals surface area (Å²) in [5.74, 6) is 0.342. The first-order valence-corrected chi connectivity index (χ1v) is 6.48. The molecular formula is C16H19NO2. The van der Waals surface area contributed by atoms with Crippen LogP contribution in [0.1, 0.15) is 35.5 Å². The number of carbonyl (C=O) groups excluding carboxylic acids is 1. The maximum atomic E-state index is 12.4. The summed E-state index contributed by atoms with van der Waals surface area (Å²) in [7, 11) is 0. The number of rotatable bonds is 4. The SMILES string of the molecule is Cc1coc(C(=O)N(Cc2ccccc2)C(C)C)c1. The minimum Gasteiger partial charge on any atom is -0.459 e. The Morgan fingerprint density at radius 2 is 1.95 bits per heavy atom. The zero-order valence-corrected chi connectivity index (χ0v) is 11.6. The first-order valence-electron chi connectivity index (χ1n) is 6.48. The van der Waals surface area contributed by atoms with Crippen molar-refractivity contribution >= 4 is 5.91 Å². The van der Waals surface area contributed by atoms with Crippen molar-refractivity contribution in [3.8, 4) is 0 Å². The molecule has 0 atom stereocenters. The van der Waals surface area contributed by atoms with Crippen molar-refractivity contribution in [1.82, 2.24) is 4.90 Å².